The van der Waals surface area contributed by atoms with Crippen molar-refractivity contribution in [3.8, 4) is 11.5 Å². The highest BCUT2D eigenvalue weighted by molar-refractivity contribution is 9.10. The summed E-state index contributed by atoms with van der Waals surface area (Å²) < 4.78 is 12.2. The topological polar surface area (TPSA) is 50.8 Å². The average molecular weight is 417 g/mol. The van der Waals surface area contributed by atoms with Crippen LogP contribution in [-0.4, -0.2) is 37.1 Å². The van der Waals surface area contributed by atoms with Gasteiger partial charge in [0.05, 0.1) is 12.2 Å². The van der Waals surface area contributed by atoms with Gasteiger partial charge in [-0.25, -0.2) is 0 Å². The fraction of sp³-hybridized carbons (Fsp3) is 0.350. The van der Waals surface area contributed by atoms with E-state index in [1.54, 1.807) is 0 Å². The molecule has 1 atom stereocenters. The molecule has 0 spiro atoms. The summed E-state index contributed by atoms with van der Waals surface area (Å²) in [4.78, 5) is 14.7. The zero-order valence-electron chi connectivity index (χ0n) is 14.4. The highest BCUT2D eigenvalue weighted by Gasteiger charge is 2.28. The monoisotopic (exact) mass is 416 g/mol. The molecule has 1 fully saturated rings. The Kier molecular flexibility index (Phi) is 5.13. The van der Waals surface area contributed by atoms with E-state index in [1.807, 2.05) is 30.3 Å². The summed E-state index contributed by atoms with van der Waals surface area (Å²) in [6.45, 7) is 2.47. The molecule has 2 aromatic rings. The Morgan fingerprint density at radius 2 is 1.96 bits per heavy atom. The second-order valence-electron chi connectivity index (χ2n) is 6.56. The van der Waals surface area contributed by atoms with Gasteiger partial charge >= 0.3 is 0 Å². The number of carbonyl (C=O) groups excluding carboxylic acids is 1. The summed E-state index contributed by atoms with van der Waals surface area (Å²) in [7, 11) is 0. The lowest BCUT2D eigenvalue weighted by Crippen LogP contribution is -2.33. The Labute approximate surface area is 161 Å². The van der Waals surface area contributed by atoms with Crippen molar-refractivity contribution < 1.29 is 14.3 Å². The van der Waals surface area contributed by atoms with Gasteiger partial charge in [0.2, 0.25) is 5.91 Å². The molecule has 0 saturated carbocycles. The molecular formula is C20H21BrN2O3. The van der Waals surface area contributed by atoms with Crippen LogP contribution in [0.4, 0.5) is 5.69 Å². The number of likely N-dealkylation sites (tertiary alicyclic amines) is 1. The van der Waals surface area contributed by atoms with Gasteiger partial charge in [-0.15, -0.1) is 0 Å². The molecule has 136 valence electrons. The number of nitrogens with one attached hydrogen (secondary N) is 1. The first-order chi connectivity index (χ1) is 12.7. The number of benzene rings is 2. The molecule has 1 N–H and O–H groups in total. The van der Waals surface area contributed by atoms with Crippen LogP contribution in [0, 0.1) is 0 Å². The van der Waals surface area contributed by atoms with Crippen molar-refractivity contribution in [1.82, 2.24) is 4.90 Å². The third-order valence-corrected chi connectivity index (χ3v) is 5.50. The van der Waals surface area contributed by atoms with Crippen LogP contribution in [0.1, 0.15) is 24.4 Å². The van der Waals surface area contributed by atoms with E-state index in [0.29, 0.717) is 19.8 Å². The van der Waals surface area contributed by atoms with Crippen LogP contribution in [0.2, 0.25) is 0 Å². The summed E-state index contributed by atoms with van der Waals surface area (Å²) in [5.41, 5.74) is 1.98. The third kappa shape index (κ3) is 3.71. The molecule has 0 aromatic heterocycles. The fourth-order valence-corrected chi connectivity index (χ4v) is 3.98. The number of amides is 1. The van der Waals surface area contributed by atoms with Crippen LogP contribution in [0.5, 0.6) is 11.5 Å². The molecule has 0 unspecified atom stereocenters. The van der Waals surface area contributed by atoms with E-state index in [9.17, 15) is 4.79 Å². The van der Waals surface area contributed by atoms with Crippen molar-refractivity contribution >= 4 is 27.5 Å². The van der Waals surface area contributed by atoms with Crippen molar-refractivity contribution in [3.63, 3.8) is 0 Å². The largest absolute Gasteiger partial charge is 0.486 e. The van der Waals surface area contributed by atoms with Gasteiger partial charge in [-0.3, -0.25) is 9.69 Å². The summed E-state index contributed by atoms with van der Waals surface area (Å²) in [5, 5.41) is 2.99. The van der Waals surface area contributed by atoms with Crippen molar-refractivity contribution in [1.29, 1.82) is 0 Å². The summed E-state index contributed by atoms with van der Waals surface area (Å²) in [5.74, 6) is 1.61. The first kappa shape index (κ1) is 17.4. The van der Waals surface area contributed by atoms with Crippen LogP contribution >= 0.6 is 15.9 Å². The Balaban J connectivity index is 1.45. The molecule has 0 bridgehead atoms. The Morgan fingerprint density at radius 1 is 1.15 bits per heavy atom. The Morgan fingerprint density at radius 3 is 2.81 bits per heavy atom. The van der Waals surface area contributed by atoms with Gasteiger partial charge in [0.1, 0.15) is 13.2 Å². The minimum absolute atomic E-state index is 0.00124. The third-order valence-electron chi connectivity index (χ3n) is 4.81. The second-order valence-corrected chi connectivity index (χ2v) is 7.41. The van der Waals surface area contributed by atoms with Crippen molar-refractivity contribution in [2.24, 2.45) is 0 Å². The molecule has 2 heterocycles. The highest BCUT2D eigenvalue weighted by Crippen LogP contribution is 2.38. The van der Waals surface area contributed by atoms with Gasteiger partial charge in [-0.1, -0.05) is 18.2 Å². The van der Waals surface area contributed by atoms with Crippen molar-refractivity contribution in [2.45, 2.75) is 18.9 Å². The van der Waals surface area contributed by atoms with Crippen LogP contribution in [0.25, 0.3) is 0 Å². The molecule has 5 nitrogen and oxygen atoms in total. The number of hydrogen-bond donors (Lipinski definition) is 1. The quantitative estimate of drug-likeness (QED) is 0.818. The number of hydrogen-bond acceptors (Lipinski definition) is 4. The molecule has 0 radical (unpaired) electrons. The molecule has 2 aliphatic rings. The van der Waals surface area contributed by atoms with Gasteiger partial charge < -0.3 is 14.8 Å². The normalized spacial score (nSPS) is 19.3. The molecule has 0 aliphatic carbocycles. The van der Waals surface area contributed by atoms with Gasteiger partial charge in [0, 0.05) is 10.5 Å². The lowest BCUT2D eigenvalue weighted by atomic mass is 10.0. The maximum atomic E-state index is 12.5. The molecule has 1 amide bonds. The van der Waals surface area contributed by atoms with E-state index in [1.165, 1.54) is 5.56 Å². The maximum Gasteiger partial charge on any atom is 0.238 e. The molecule has 26 heavy (non-hydrogen) atoms. The smallest absolute Gasteiger partial charge is 0.238 e. The van der Waals surface area contributed by atoms with E-state index < -0.39 is 0 Å². The van der Waals surface area contributed by atoms with E-state index in [4.69, 9.17) is 9.47 Å². The molecule has 1 saturated heterocycles. The first-order valence-corrected chi connectivity index (χ1v) is 9.68. The summed E-state index contributed by atoms with van der Waals surface area (Å²) in [6.07, 6.45) is 2.13. The summed E-state index contributed by atoms with van der Waals surface area (Å²) in [6, 6.07) is 14.0. The van der Waals surface area contributed by atoms with Gasteiger partial charge in [0.15, 0.2) is 11.5 Å². The second kappa shape index (κ2) is 7.68. The predicted molar refractivity (Wildman–Crippen MR) is 104 cm³/mol. The number of nitrogens with zero attached hydrogens (tertiary/aromatic N) is 1. The average Bonchev–Trinajstić information content (AvgIpc) is 3.11. The zero-order chi connectivity index (χ0) is 17.9. The Hall–Kier alpha value is -2.05. The number of halogens is 1. The van der Waals surface area contributed by atoms with E-state index in [-0.39, 0.29) is 11.9 Å². The number of fused-ring (bicyclic) bond motifs is 1. The number of anilines is 1. The number of ether oxygens (including phenoxy) is 2. The van der Waals surface area contributed by atoms with Crippen molar-refractivity contribution in [2.75, 3.05) is 31.6 Å². The maximum absolute atomic E-state index is 12.5. The highest BCUT2D eigenvalue weighted by atomic mass is 79.9. The van der Waals surface area contributed by atoms with E-state index in [2.05, 4.69) is 38.3 Å². The standard InChI is InChI=1S/C20H21BrN2O3/c21-15-4-1-2-5-16(15)22-20(24)13-23-9-3-6-17(23)14-7-8-18-19(12-14)26-11-10-25-18/h1-2,4-5,7-8,12,17H,3,6,9-11,13H2,(H,22,24)/t17-/m0/s1. The number of para-hydroxylation sites is 1. The molecule has 2 aromatic carbocycles. The summed E-state index contributed by atoms with van der Waals surface area (Å²) >= 11 is 3.47. The SMILES string of the molecule is O=C(CN1CCC[C@H]1c1ccc2c(c1)OCCO2)Nc1ccccc1Br. The fourth-order valence-electron chi connectivity index (χ4n) is 3.60. The zero-order valence-corrected chi connectivity index (χ0v) is 16.0. The van der Waals surface area contributed by atoms with Crippen molar-refractivity contribution in [3.05, 3.63) is 52.5 Å². The van der Waals surface area contributed by atoms with Crippen LogP contribution in [-0.2, 0) is 4.79 Å². The minimum atomic E-state index is 0.00124. The van der Waals surface area contributed by atoms with Crippen LogP contribution in [0.3, 0.4) is 0 Å². The van der Waals surface area contributed by atoms with E-state index in [0.717, 1.165) is 41.0 Å². The first-order valence-electron chi connectivity index (χ1n) is 8.89. The lowest BCUT2D eigenvalue weighted by Gasteiger charge is -2.26. The number of rotatable bonds is 4. The van der Waals surface area contributed by atoms with Gasteiger partial charge in [-0.2, -0.15) is 0 Å². The molecule has 2 aliphatic heterocycles. The van der Waals surface area contributed by atoms with E-state index >= 15 is 0 Å². The molecule has 6 heteroatoms. The van der Waals surface area contributed by atoms with Crippen LogP contribution < -0.4 is 14.8 Å². The lowest BCUT2D eigenvalue weighted by molar-refractivity contribution is -0.117. The minimum Gasteiger partial charge on any atom is -0.486 e. The Bertz CT molecular complexity index is 811. The van der Waals surface area contributed by atoms with Gasteiger partial charge in [0.25, 0.3) is 0 Å². The van der Waals surface area contributed by atoms with Crippen LogP contribution in [0.15, 0.2) is 46.9 Å². The number of carbonyl (C=O) groups is 1. The molecule has 4 rings (SSSR count). The van der Waals surface area contributed by atoms with Gasteiger partial charge in [-0.05, 0) is 65.1 Å². The predicted octanol–water partition coefficient (Wildman–Crippen LogP) is 4.00. The molecular weight excluding hydrogens is 396 g/mol.